The molecule has 0 saturated heterocycles. The van der Waals surface area contributed by atoms with E-state index in [1.54, 1.807) is 11.3 Å². The summed E-state index contributed by atoms with van der Waals surface area (Å²) in [5, 5.41) is 2.54. The second kappa shape index (κ2) is 6.58. The first-order chi connectivity index (χ1) is 10.2. The summed E-state index contributed by atoms with van der Waals surface area (Å²) in [7, 11) is 0. The van der Waals surface area contributed by atoms with Gasteiger partial charge < -0.3 is 0 Å². The Labute approximate surface area is 144 Å². The lowest BCUT2D eigenvalue weighted by Crippen LogP contribution is -2.29. The first-order valence-corrected chi connectivity index (χ1v) is 8.97. The molecular formula is C16H14Br2N2S. The standard InChI is InChI=1S/C16H14Br2N2S/c17-15-9-13(16(18)21-15)14(20-19)8-11-6-3-5-10-4-1-2-7-12(10)11/h1-7,9,14,20H,8,19H2. The molecule has 0 bridgehead atoms. The number of fused-ring (bicyclic) bond motifs is 1. The van der Waals surface area contributed by atoms with Gasteiger partial charge >= 0.3 is 0 Å². The van der Waals surface area contributed by atoms with Crippen molar-refractivity contribution in [1.82, 2.24) is 5.43 Å². The van der Waals surface area contributed by atoms with E-state index in [-0.39, 0.29) is 6.04 Å². The molecule has 5 heteroatoms. The molecule has 1 atom stereocenters. The van der Waals surface area contributed by atoms with Crippen molar-refractivity contribution in [3.8, 4) is 0 Å². The highest BCUT2D eigenvalue weighted by molar-refractivity contribution is 9.12. The lowest BCUT2D eigenvalue weighted by molar-refractivity contribution is 0.553. The van der Waals surface area contributed by atoms with Gasteiger partial charge in [-0.3, -0.25) is 11.3 Å². The van der Waals surface area contributed by atoms with Gasteiger partial charge in [0.2, 0.25) is 0 Å². The molecule has 3 aromatic rings. The predicted octanol–water partition coefficient (Wildman–Crippen LogP) is 5.17. The molecule has 2 aromatic carbocycles. The number of thiophene rings is 1. The van der Waals surface area contributed by atoms with E-state index in [9.17, 15) is 0 Å². The quantitative estimate of drug-likeness (QED) is 0.446. The molecule has 0 amide bonds. The molecule has 21 heavy (non-hydrogen) atoms. The molecule has 0 radical (unpaired) electrons. The van der Waals surface area contributed by atoms with Gasteiger partial charge in [0.05, 0.1) is 13.6 Å². The highest BCUT2D eigenvalue weighted by atomic mass is 79.9. The highest BCUT2D eigenvalue weighted by Gasteiger charge is 2.17. The van der Waals surface area contributed by atoms with E-state index in [0.29, 0.717) is 0 Å². The third-order valence-corrected chi connectivity index (χ3v) is 5.95. The number of nitrogens with two attached hydrogens (primary N) is 1. The Morgan fingerprint density at radius 2 is 1.86 bits per heavy atom. The maximum Gasteiger partial charge on any atom is 0.0758 e. The molecule has 2 nitrogen and oxygen atoms in total. The van der Waals surface area contributed by atoms with E-state index in [1.165, 1.54) is 21.9 Å². The number of hydrogen-bond donors (Lipinski definition) is 2. The van der Waals surface area contributed by atoms with Crippen LogP contribution in [0.2, 0.25) is 0 Å². The third-order valence-electron chi connectivity index (χ3n) is 3.56. The molecule has 0 aliphatic rings. The predicted molar refractivity (Wildman–Crippen MR) is 97.4 cm³/mol. The number of hydrazine groups is 1. The number of rotatable bonds is 4. The van der Waals surface area contributed by atoms with Crippen molar-refractivity contribution in [2.45, 2.75) is 12.5 Å². The molecule has 3 N–H and O–H groups in total. The molecule has 3 rings (SSSR count). The molecule has 0 aliphatic carbocycles. The van der Waals surface area contributed by atoms with Crippen LogP contribution in [0, 0.1) is 0 Å². The second-order valence-corrected chi connectivity index (χ2v) is 8.59. The van der Waals surface area contributed by atoms with Crippen molar-refractivity contribution < 1.29 is 0 Å². The summed E-state index contributed by atoms with van der Waals surface area (Å²) in [6, 6.07) is 17.0. The Balaban J connectivity index is 1.98. The average Bonchev–Trinajstić information content (AvgIpc) is 2.83. The summed E-state index contributed by atoms with van der Waals surface area (Å²) in [6.45, 7) is 0. The van der Waals surface area contributed by atoms with Crippen LogP contribution in [-0.2, 0) is 6.42 Å². The van der Waals surface area contributed by atoms with Gasteiger partial charge in [0.25, 0.3) is 0 Å². The summed E-state index contributed by atoms with van der Waals surface area (Å²) < 4.78 is 2.21. The van der Waals surface area contributed by atoms with E-state index in [4.69, 9.17) is 5.84 Å². The molecule has 1 heterocycles. The molecule has 1 aromatic heterocycles. The van der Waals surface area contributed by atoms with Crippen LogP contribution < -0.4 is 11.3 Å². The van der Waals surface area contributed by atoms with E-state index in [0.717, 1.165) is 14.0 Å². The summed E-state index contributed by atoms with van der Waals surface area (Å²) in [4.78, 5) is 0. The SMILES string of the molecule is NNC(Cc1cccc2ccccc12)c1cc(Br)sc1Br. The van der Waals surface area contributed by atoms with Gasteiger partial charge in [-0.15, -0.1) is 11.3 Å². The fraction of sp³-hybridized carbons (Fsp3) is 0.125. The topological polar surface area (TPSA) is 38.0 Å². The van der Waals surface area contributed by atoms with Crippen LogP contribution >= 0.6 is 43.2 Å². The zero-order chi connectivity index (χ0) is 14.8. The Hall–Kier alpha value is -0.720. The zero-order valence-corrected chi connectivity index (χ0v) is 15.1. The normalized spacial score (nSPS) is 12.7. The molecule has 1 unspecified atom stereocenters. The number of halogens is 2. The zero-order valence-electron chi connectivity index (χ0n) is 11.1. The van der Waals surface area contributed by atoms with Crippen LogP contribution in [0.4, 0.5) is 0 Å². The van der Waals surface area contributed by atoms with Crippen LogP contribution in [0.25, 0.3) is 10.8 Å². The lowest BCUT2D eigenvalue weighted by Gasteiger charge is -2.17. The van der Waals surface area contributed by atoms with Crippen LogP contribution in [0.3, 0.4) is 0 Å². The van der Waals surface area contributed by atoms with Crippen LogP contribution in [0.15, 0.2) is 56.1 Å². The Bertz CT molecular complexity index is 765. The molecule has 0 fully saturated rings. The van der Waals surface area contributed by atoms with Crippen molar-refractivity contribution in [1.29, 1.82) is 0 Å². The monoisotopic (exact) mass is 424 g/mol. The van der Waals surface area contributed by atoms with Crippen molar-refractivity contribution in [2.24, 2.45) is 5.84 Å². The Morgan fingerprint density at radius 1 is 1.10 bits per heavy atom. The van der Waals surface area contributed by atoms with Gasteiger partial charge in [0.1, 0.15) is 0 Å². The fourth-order valence-electron chi connectivity index (χ4n) is 2.54. The van der Waals surface area contributed by atoms with Crippen LogP contribution in [-0.4, -0.2) is 0 Å². The number of benzene rings is 2. The lowest BCUT2D eigenvalue weighted by atomic mass is 9.96. The minimum atomic E-state index is 0.0766. The average molecular weight is 426 g/mol. The second-order valence-electron chi connectivity index (χ2n) is 4.84. The van der Waals surface area contributed by atoms with Gasteiger partial charge in [-0.25, -0.2) is 0 Å². The van der Waals surface area contributed by atoms with Crippen molar-refractivity contribution in [2.75, 3.05) is 0 Å². The van der Waals surface area contributed by atoms with E-state index in [2.05, 4.69) is 85.8 Å². The van der Waals surface area contributed by atoms with Crippen LogP contribution in [0.1, 0.15) is 17.2 Å². The number of hydrogen-bond acceptors (Lipinski definition) is 3. The summed E-state index contributed by atoms with van der Waals surface area (Å²) >= 11 is 8.81. The largest absolute Gasteiger partial charge is 0.271 e. The maximum absolute atomic E-state index is 5.79. The van der Waals surface area contributed by atoms with Gasteiger partial charge in [0, 0.05) is 0 Å². The molecule has 108 valence electrons. The van der Waals surface area contributed by atoms with Crippen LogP contribution in [0.5, 0.6) is 0 Å². The van der Waals surface area contributed by atoms with E-state index < -0.39 is 0 Å². The minimum Gasteiger partial charge on any atom is -0.271 e. The molecule has 0 aliphatic heterocycles. The fourth-order valence-corrected chi connectivity index (χ4v) is 5.51. The van der Waals surface area contributed by atoms with Crippen molar-refractivity contribution >= 4 is 54.0 Å². The smallest absolute Gasteiger partial charge is 0.0758 e. The van der Waals surface area contributed by atoms with Gasteiger partial charge in [-0.1, -0.05) is 42.5 Å². The number of nitrogens with one attached hydrogen (secondary N) is 1. The first kappa shape index (κ1) is 15.2. The molecular weight excluding hydrogens is 412 g/mol. The molecule has 0 saturated carbocycles. The van der Waals surface area contributed by atoms with Crippen molar-refractivity contribution in [3.05, 3.63) is 67.2 Å². The molecule has 0 spiro atoms. The summed E-state index contributed by atoms with van der Waals surface area (Å²) in [5.41, 5.74) is 5.42. The maximum atomic E-state index is 5.79. The Kier molecular flexibility index (Phi) is 4.76. The van der Waals surface area contributed by atoms with Crippen molar-refractivity contribution in [3.63, 3.8) is 0 Å². The summed E-state index contributed by atoms with van der Waals surface area (Å²) in [5.74, 6) is 5.79. The van der Waals surface area contributed by atoms with Gasteiger partial charge in [-0.2, -0.15) is 0 Å². The Morgan fingerprint density at radius 3 is 2.57 bits per heavy atom. The van der Waals surface area contributed by atoms with Gasteiger partial charge in [-0.05, 0) is 66.2 Å². The first-order valence-electron chi connectivity index (χ1n) is 6.56. The van der Waals surface area contributed by atoms with E-state index >= 15 is 0 Å². The van der Waals surface area contributed by atoms with Gasteiger partial charge in [0.15, 0.2) is 0 Å². The summed E-state index contributed by atoms with van der Waals surface area (Å²) in [6.07, 6.45) is 0.847. The van der Waals surface area contributed by atoms with E-state index in [1.807, 2.05) is 0 Å². The highest BCUT2D eigenvalue weighted by Crippen LogP contribution is 2.37. The third kappa shape index (κ3) is 3.22. The minimum absolute atomic E-state index is 0.0766.